The van der Waals surface area contributed by atoms with E-state index in [1.54, 1.807) is 0 Å². The molecule has 0 bridgehead atoms. The molecule has 1 N–H and O–H groups in total. The summed E-state index contributed by atoms with van der Waals surface area (Å²) in [5.74, 6) is 1.19. The molecule has 0 aliphatic carbocycles. The summed E-state index contributed by atoms with van der Waals surface area (Å²) < 4.78 is 1.92. The van der Waals surface area contributed by atoms with Crippen LogP contribution in [-0.2, 0) is 11.8 Å². The summed E-state index contributed by atoms with van der Waals surface area (Å²) in [6.07, 6.45) is 0.929. The quantitative estimate of drug-likeness (QED) is 0.832. The molecule has 0 fully saturated rings. The van der Waals surface area contributed by atoms with Crippen LogP contribution in [0, 0.1) is 6.92 Å². The minimum Gasteiger partial charge on any atom is -0.353 e. The fourth-order valence-electron chi connectivity index (χ4n) is 1.94. The molecular weight excluding hydrogens is 296 g/mol. The van der Waals surface area contributed by atoms with Gasteiger partial charge in [0.2, 0.25) is 5.91 Å². The first kappa shape index (κ1) is 16.5. The first-order valence-corrected chi connectivity index (χ1v) is 8.38. The van der Waals surface area contributed by atoms with E-state index in [1.165, 1.54) is 17.3 Å². The highest BCUT2D eigenvalue weighted by Gasteiger charge is 2.13. The molecule has 1 unspecified atom stereocenters. The molecule has 1 heterocycles. The van der Waals surface area contributed by atoms with Crippen LogP contribution in [0.2, 0.25) is 0 Å². The lowest BCUT2D eigenvalue weighted by atomic mass is 10.1. The van der Waals surface area contributed by atoms with Crippen LogP contribution < -0.4 is 5.32 Å². The highest BCUT2D eigenvalue weighted by molar-refractivity contribution is 7.99. The van der Waals surface area contributed by atoms with Crippen LogP contribution in [0.25, 0.3) is 11.4 Å². The maximum atomic E-state index is 11.8. The summed E-state index contributed by atoms with van der Waals surface area (Å²) in [6, 6.07) is 8.37. The van der Waals surface area contributed by atoms with Crippen molar-refractivity contribution < 1.29 is 4.79 Å². The van der Waals surface area contributed by atoms with Crippen LogP contribution in [0.4, 0.5) is 0 Å². The Balaban J connectivity index is 2.02. The SMILES string of the molecule is CCC(C)NC(=O)CSc1nnc(-c2ccc(C)cc2)n1C. The molecule has 0 saturated carbocycles. The molecule has 1 aromatic heterocycles. The predicted octanol–water partition coefficient (Wildman–Crippen LogP) is 2.80. The molecule has 1 amide bonds. The van der Waals surface area contributed by atoms with Gasteiger partial charge in [0.25, 0.3) is 0 Å². The molecule has 0 radical (unpaired) electrons. The molecule has 2 aromatic rings. The van der Waals surface area contributed by atoms with Gasteiger partial charge in [-0.3, -0.25) is 4.79 Å². The van der Waals surface area contributed by atoms with Gasteiger partial charge in [0.05, 0.1) is 5.75 Å². The Morgan fingerprint density at radius 1 is 1.32 bits per heavy atom. The zero-order chi connectivity index (χ0) is 16.1. The van der Waals surface area contributed by atoms with Crippen LogP contribution in [0.15, 0.2) is 29.4 Å². The van der Waals surface area contributed by atoms with E-state index in [0.29, 0.717) is 5.75 Å². The largest absolute Gasteiger partial charge is 0.353 e. The topological polar surface area (TPSA) is 59.8 Å². The molecule has 2 rings (SSSR count). The van der Waals surface area contributed by atoms with Crippen molar-refractivity contribution in [2.24, 2.45) is 7.05 Å². The van der Waals surface area contributed by atoms with Gasteiger partial charge in [-0.1, -0.05) is 48.5 Å². The lowest BCUT2D eigenvalue weighted by Gasteiger charge is -2.10. The fourth-order valence-corrected chi connectivity index (χ4v) is 2.67. The summed E-state index contributed by atoms with van der Waals surface area (Å²) in [5, 5.41) is 12.1. The summed E-state index contributed by atoms with van der Waals surface area (Å²) in [6.45, 7) is 6.10. The third kappa shape index (κ3) is 4.10. The van der Waals surface area contributed by atoms with E-state index in [1.807, 2.05) is 30.7 Å². The second kappa shape index (κ2) is 7.45. The molecule has 6 heteroatoms. The van der Waals surface area contributed by atoms with Crippen LogP contribution in [-0.4, -0.2) is 32.5 Å². The number of aryl methyl sites for hydroxylation is 1. The van der Waals surface area contributed by atoms with Gasteiger partial charge in [-0.2, -0.15) is 0 Å². The molecule has 1 aromatic carbocycles. The van der Waals surface area contributed by atoms with Crippen molar-refractivity contribution in [2.75, 3.05) is 5.75 Å². The van der Waals surface area contributed by atoms with E-state index < -0.39 is 0 Å². The lowest BCUT2D eigenvalue weighted by Crippen LogP contribution is -2.33. The Morgan fingerprint density at radius 3 is 2.64 bits per heavy atom. The summed E-state index contributed by atoms with van der Waals surface area (Å²) in [5.41, 5.74) is 2.23. The second-order valence-corrected chi connectivity index (χ2v) is 6.34. The van der Waals surface area contributed by atoms with Crippen molar-refractivity contribution in [3.8, 4) is 11.4 Å². The molecule has 0 saturated heterocycles. The van der Waals surface area contributed by atoms with Gasteiger partial charge in [-0.15, -0.1) is 10.2 Å². The first-order valence-electron chi connectivity index (χ1n) is 7.39. The third-order valence-electron chi connectivity index (χ3n) is 3.50. The van der Waals surface area contributed by atoms with E-state index in [2.05, 4.69) is 41.5 Å². The normalized spacial score (nSPS) is 12.2. The summed E-state index contributed by atoms with van der Waals surface area (Å²) >= 11 is 1.40. The molecule has 1 atom stereocenters. The van der Waals surface area contributed by atoms with Crippen molar-refractivity contribution in [3.05, 3.63) is 29.8 Å². The number of hydrogen-bond donors (Lipinski definition) is 1. The molecule has 0 spiro atoms. The summed E-state index contributed by atoms with van der Waals surface area (Å²) in [7, 11) is 1.92. The molecule has 118 valence electrons. The lowest BCUT2D eigenvalue weighted by molar-refractivity contribution is -0.119. The molecule has 5 nitrogen and oxygen atoms in total. The van der Waals surface area contributed by atoms with Crippen LogP contribution >= 0.6 is 11.8 Å². The van der Waals surface area contributed by atoms with Gasteiger partial charge < -0.3 is 9.88 Å². The number of carbonyl (C=O) groups excluding carboxylic acids is 1. The van der Waals surface area contributed by atoms with Gasteiger partial charge >= 0.3 is 0 Å². The number of hydrogen-bond acceptors (Lipinski definition) is 4. The van der Waals surface area contributed by atoms with Gasteiger partial charge in [0.15, 0.2) is 11.0 Å². The number of benzene rings is 1. The number of amides is 1. The fraction of sp³-hybridized carbons (Fsp3) is 0.438. The molecule has 0 aliphatic rings. The van der Waals surface area contributed by atoms with Crippen molar-refractivity contribution in [2.45, 2.75) is 38.4 Å². The van der Waals surface area contributed by atoms with Crippen molar-refractivity contribution in [1.82, 2.24) is 20.1 Å². The Morgan fingerprint density at radius 2 is 2.00 bits per heavy atom. The number of aromatic nitrogens is 3. The maximum absolute atomic E-state index is 11.8. The highest BCUT2D eigenvalue weighted by atomic mass is 32.2. The average molecular weight is 318 g/mol. The van der Waals surface area contributed by atoms with E-state index in [9.17, 15) is 4.79 Å². The number of nitrogens with zero attached hydrogens (tertiary/aromatic N) is 3. The number of rotatable bonds is 6. The minimum atomic E-state index is 0.0271. The standard InChI is InChI=1S/C16H22N4OS/c1-5-12(3)17-14(21)10-22-16-19-18-15(20(16)4)13-8-6-11(2)7-9-13/h6-9,12H,5,10H2,1-4H3,(H,17,21). The van der Waals surface area contributed by atoms with Crippen LogP contribution in [0.3, 0.4) is 0 Å². The van der Waals surface area contributed by atoms with E-state index in [4.69, 9.17) is 0 Å². The van der Waals surface area contributed by atoms with Gasteiger partial charge in [0.1, 0.15) is 0 Å². The minimum absolute atomic E-state index is 0.0271. The predicted molar refractivity (Wildman–Crippen MR) is 89.8 cm³/mol. The van der Waals surface area contributed by atoms with Crippen molar-refractivity contribution in [3.63, 3.8) is 0 Å². The second-order valence-electron chi connectivity index (χ2n) is 5.40. The number of thioether (sulfide) groups is 1. The van der Waals surface area contributed by atoms with Crippen molar-refractivity contribution >= 4 is 17.7 Å². The van der Waals surface area contributed by atoms with Gasteiger partial charge in [0, 0.05) is 18.7 Å². The van der Waals surface area contributed by atoms with Gasteiger partial charge in [-0.25, -0.2) is 0 Å². The molecule has 0 aliphatic heterocycles. The van der Waals surface area contributed by atoms with Crippen LogP contribution in [0.5, 0.6) is 0 Å². The Bertz CT molecular complexity index is 636. The summed E-state index contributed by atoms with van der Waals surface area (Å²) in [4.78, 5) is 11.8. The zero-order valence-electron chi connectivity index (χ0n) is 13.5. The zero-order valence-corrected chi connectivity index (χ0v) is 14.3. The van der Waals surface area contributed by atoms with Crippen LogP contribution in [0.1, 0.15) is 25.8 Å². The van der Waals surface area contributed by atoms with E-state index in [-0.39, 0.29) is 11.9 Å². The highest BCUT2D eigenvalue weighted by Crippen LogP contribution is 2.22. The Kier molecular flexibility index (Phi) is 5.60. The molecular formula is C16H22N4OS. The smallest absolute Gasteiger partial charge is 0.230 e. The maximum Gasteiger partial charge on any atom is 0.230 e. The monoisotopic (exact) mass is 318 g/mol. The first-order chi connectivity index (χ1) is 10.5. The number of nitrogens with one attached hydrogen (secondary N) is 1. The Labute approximate surface area is 135 Å². The average Bonchev–Trinajstić information content (AvgIpc) is 2.87. The van der Waals surface area contributed by atoms with Gasteiger partial charge in [-0.05, 0) is 20.3 Å². The number of carbonyl (C=O) groups is 1. The van der Waals surface area contributed by atoms with E-state index >= 15 is 0 Å². The van der Waals surface area contributed by atoms with Crippen molar-refractivity contribution in [1.29, 1.82) is 0 Å². The molecule has 22 heavy (non-hydrogen) atoms. The third-order valence-corrected chi connectivity index (χ3v) is 4.52. The Hall–Kier alpha value is -1.82. The van der Waals surface area contributed by atoms with E-state index in [0.717, 1.165) is 23.0 Å².